The van der Waals surface area contributed by atoms with Crippen LogP contribution in [-0.2, 0) is 0 Å². The summed E-state index contributed by atoms with van der Waals surface area (Å²) < 4.78 is 18.6. The van der Waals surface area contributed by atoms with Crippen LogP contribution in [0.1, 0.15) is 11.1 Å². The van der Waals surface area contributed by atoms with E-state index in [4.69, 9.17) is 14.2 Å². The van der Waals surface area contributed by atoms with Gasteiger partial charge in [0.2, 0.25) is 0 Å². The van der Waals surface area contributed by atoms with Gasteiger partial charge in [0.25, 0.3) is 0 Å². The molecule has 0 bridgehead atoms. The SMILES string of the molecule is COc1cc(C2=C(C#N)C([As])Oc3cc([As])ccc32)cc(Br)c1OC. The topological polar surface area (TPSA) is 51.5 Å². The van der Waals surface area contributed by atoms with E-state index >= 15 is 0 Å². The van der Waals surface area contributed by atoms with Gasteiger partial charge in [0.1, 0.15) is 0 Å². The van der Waals surface area contributed by atoms with E-state index in [-0.39, 0.29) is 4.89 Å². The van der Waals surface area contributed by atoms with Crippen molar-refractivity contribution in [1.82, 2.24) is 0 Å². The van der Waals surface area contributed by atoms with E-state index in [1.165, 1.54) is 0 Å². The molecule has 0 aliphatic carbocycles. The Morgan fingerprint density at radius 3 is 2.60 bits per heavy atom. The monoisotopic (exact) mass is 519 g/mol. The Bertz CT molecular complexity index is 921. The predicted molar refractivity (Wildman–Crippen MR) is 101 cm³/mol. The summed E-state index contributed by atoms with van der Waals surface area (Å²) in [6.07, 6.45) is 0. The van der Waals surface area contributed by atoms with Gasteiger partial charge in [0.15, 0.2) is 0 Å². The first-order valence-electron chi connectivity index (χ1n) is 7.24. The summed E-state index contributed by atoms with van der Waals surface area (Å²) in [4.78, 5) is -0.388. The maximum atomic E-state index is 9.70. The van der Waals surface area contributed by atoms with Crippen LogP contribution in [0, 0.1) is 11.3 Å². The molecule has 4 radical (unpaired) electrons. The van der Waals surface area contributed by atoms with Gasteiger partial charge in [-0.15, -0.1) is 0 Å². The van der Waals surface area contributed by atoms with Crippen molar-refractivity contribution >= 4 is 59.6 Å². The summed E-state index contributed by atoms with van der Waals surface area (Å²) in [5, 5.41) is 9.70. The fourth-order valence-corrected chi connectivity index (χ4v) is 4.38. The number of methoxy groups -OCH3 is 2. The molecule has 4 nitrogen and oxygen atoms in total. The summed E-state index contributed by atoms with van der Waals surface area (Å²) in [6, 6.07) is 12.0. The fraction of sp³-hybridized carbons (Fsp3) is 0.167. The van der Waals surface area contributed by atoms with E-state index in [2.05, 4.69) is 55.7 Å². The van der Waals surface area contributed by atoms with E-state index in [0.717, 1.165) is 31.3 Å². The number of rotatable bonds is 3. The first kappa shape index (κ1) is 18.5. The molecular formula is C18H12As2BrNO3. The molecule has 2 aromatic carbocycles. The van der Waals surface area contributed by atoms with Crippen molar-refractivity contribution in [3.05, 3.63) is 51.5 Å². The average molecular weight is 520 g/mol. The first-order valence-corrected chi connectivity index (χ1v) is 10.1. The van der Waals surface area contributed by atoms with Crippen LogP contribution in [0.25, 0.3) is 5.57 Å². The second-order valence-electron chi connectivity index (χ2n) is 5.24. The molecule has 124 valence electrons. The Kier molecular flexibility index (Phi) is 5.54. The number of fused-ring (bicyclic) bond motifs is 1. The van der Waals surface area contributed by atoms with Crippen LogP contribution >= 0.6 is 15.9 Å². The summed E-state index contributed by atoms with van der Waals surface area (Å²) in [6.45, 7) is 0. The van der Waals surface area contributed by atoms with Crippen LogP contribution in [0.2, 0.25) is 0 Å². The summed E-state index contributed by atoms with van der Waals surface area (Å²) in [5.41, 5.74) is 3.14. The molecule has 1 atom stereocenters. The molecule has 1 heterocycles. The molecule has 1 unspecified atom stereocenters. The van der Waals surface area contributed by atoms with Gasteiger partial charge in [-0.05, 0) is 0 Å². The van der Waals surface area contributed by atoms with Crippen LogP contribution in [0.5, 0.6) is 17.2 Å². The van der Waals surface area contributed by atoms with Crippen molar-refractivity contribution in [2.24, 2.45) is 0 Å². The minimum absolute atomic E-state index is 0.388. The van der Waals surface area contributed by atoms with Crippen molar-refractivity contribution in [2.45, 2.75) is 4.89 Å². The number of ether oxygens (including phenoxy) is 3. The molecule has 0 aromatic heterocycles. The van der Waals surface area contributed by atoms with Gasteiger partial charge in [-0.2, -0.15) is 0 Å². The Balaban J connectivity index is 2.30. The number of halogens is 1. The number of hydrogen-bond donors (Lipinski definition) is 0. The predicted octanol–water partition coefficient (Wildman–Crippen LogP) is 2.47. The second-order valence-corrected chi connectivity index (χ2v) is 8.17. The summed E-state index contributed by atoms with van der Waals surface area (Å²) in [5.74, 6) is 1.96. The van der Waals surface area contributed by atoms with E-state index in [1.54, 1.807) is 14.2 Å². The van der Waals surface area contributed by atoms with Gasteiger partial charge < -0.3 is 0 Å². The summed E-state index contributed by atoms with van der Waals surface area (Å²) >= 11 is 8.43. The molecule has 0 spiro atoms. The fourth-order valence-electron chi connectivity index (χ4n) is 2.75. The Hall–Kier alpha value is -1.33. The standard InChI is InChI=1S/C18H12As2BrNO3/c1-23-15-6-9(5-13(21)17(15)24-2)16-11-4-3-10(19)7-14(11)25-18(20)12(16)8-22/h3-7,18H,1-2H3. The molecule has 3 rings (SSSR count). The Labute approximate surface area is 172 Å². The maximum absolute atomic E-state index is 9.70. The van der Waals surface area contributed by atoms with Crippen LogP contribution in [-0.4, -0.2) is 52.8 Å². The normalized spacial score (nSPS) is 15.9. The molecule has 0 amide bonds. The Morgan fingerprint density at radius 1 is 1.20 bits per heavy atom. The second kappa shape index (κ2) is 7.50. The van der Waals surface area contributed by atoms with Gasteiger partial charge in [0.05, 0.1) is 0 Å². The van der Waals surface area contributed by atoms with Crippen LogP contribution in [0.3, 0.4) is 0 Å². The summed E-state index contributed by atoms with van der Waals surface area (Å²) in [7, 11) is 3.18. The number of nitriles is 1. The average Bonchev–Trinajstić information content (AvgIpc) is 2.59. The first-order chi connectivity index (χ1) is 12.0. The van der Waals surface area contributed by atoms with Gasteiger partial charge in [-0.3, -0.25) is 0 Å². The van der Waals surface area contributed by atoms with E-state index in [0.29, 0.717) is 17.1 Å². The van der Waals surface area contributed by atoms with Gasteiger partial charge in [-0.1, -0.05) is 0 Å². The quantitative estimate of drug-likeness (QED) is 0.585. The third kappa shape index (κ3) is 3.36. The van der Waals surface area contributed by atoms with Gasteiger partial charge in [-0.25, -0.2) is 0 Å². The molecule has 0 saturated heterocycles. The molecule has 1 aliphatic rings. The molecule has 0 saturated carbocycles. The van der Waals surface area contributed by atoms with Crippen molar-refractivity contribution in [2.75, 3.05) is 14.2 Å². The number of nitrogens with zero attached hydrogens (tertiary/aromatic N) is 1. The molecule has 0 fully saturated rings. The Morgan fingerprint density at radius 2 is 1.96 bits per heavy atom. The minimum atomic E-state index is -0.388. The van der Waals surface area contributed by atoms with Gasteiger partial charge in [0, 0.05) is 0 Å². The van der Waals surface area contributed by atoms with Crippen molar-refractivity contribution in [1.29, 1.82) is 5.26 Å². The molecule has 2 aromatic rings. The molecule has 7 heteroatoms. The van der Waals surface area contributed by atoms with Crippen molar-refractivity contribution in [3.8, 4) is 23.3 Å². The molecule has 1 aliphatic heterocycles. The van der Waals surface area contributed by atoms with E-state index in [1.807, 2.05) is 30.3 Å². The van der Waals surface area contributed by atoms with Crippen molar-refractivity contribution in [3.63, 3.8) is 0 Å². The van der Waals surface area contributed by atoms with E-state index in [9.17, 15) is 5.26 Å². The van der Waals surface area contributed by atoms with Crippen LogP contribution in [0.15, 0.2) is 40.4 Å². The third-order valence-corrected chi connectivity index (χ3v) is 5.77. The zero-order valence-electron chi connectivity index (χ0n) is 13.4. The van der Waals surface area contributed by atoms with Crippen LogP contribution < -0.4 is 18.6 Å². The number of hydrogen-bond acceptors (Lipinski definition) is 4. The molecule has 25 heavy (non-hydrogen) atoms. The van der Waals surface area contributed by atoms with E-state index < -0.39 is 0 Å². The zero-order valence-corrected chi connectivity index (χ0v) is 18.7. The van der Waals surface area contributed by atoms with Gasteiger partial charge >= 0.3 is 173 Å². The molecule has 0 N–H and O–H groups in total. The van der Waals surface area contributed by atoms with Crippen molar-refractivity contribution < 1.29 is 14.2 Å². The molecular weight excluding hydrogens is 508 g/mol. The number of benzene rings is 2. The van der Waals surface area contributed by atoms with Crippen LogP contribution in [0.4, 0.5) is 0 Å². The third-order valence-electron chi connectivity index (χ3n) is 3.83. The zero-order chi connectivity index (χ0) is 18.1.